The van der Waals surface area contributed by atoms with Crippen LogP contribution in [0, 0.1) is 0 Å². The van der Waals surface area contributed by atoms with Crippen molar-refractivity contribution >= 4 is 17.4 Å². The smallest absolute Gasteiger partial charge is 0.147 e. The normalized spacial score (nSPS) is 16.2. The Morgan fingerprint density at radius 1 is 1.31 bits per heavy atom. The van der Waals surface area contributed by atoms with Crippen molar-refractivity contribution < 1.29 is 0 Å². The molecule has 16 heavy (non-hydrogen) atoms. The number of pyridine rings is 1. The van der Waals surface area contributed by atoms with Crippen LogP contribution in [0.4, 0.5) is 5.82 Å². The van der Waals surface area contributed by atoms with E-state index < -0.39 is 0 Å². The second-order valence-corrected chi connectivity index (χ2v) is 4.16. The minimum Gasteiger partial charge on any atom is -0.351 e. The first kappa shape index (κ1) is 9.59. The van der Waals surface area contributed by atoms with Crippen molar-refractivity contribution in [2.24, 2.45) is 0 Å². The van der Waals surface area contributed by atoms with E-state index in [1.165, 1.54) is 0 Å². The minimum atomic E-state index is 0.376. The second-order valence-electron chi connectivity index (χ2n) is 3.75. The Morgan fingerprint density at radius 2 is 2.19 bits per heavy atom. The zero-order valence-corrected chi connectivity index (χ0v) is 9.25. The van der Waals surface area contributed by atoms with Crippen LogP contribution >= 0.6 is 11.6 Å². The average molecular weight is 236 g/mol. The Balaban J connectivity index is 1.72. The molecule has 3 heterocycles. The molecule has 5 nitrogen and oxygen atoms in total. The Bertz CT molecular complexity index is 478. The van der Waals surface area contributed by atoms with E-state index in [0.717, 1.165) is 18.9 Å². The molecule has 0 unspecified atom stereocenters. The summed E-state index contributed by atoms with van der Waals surface area (Å²) in [5.74, 6) is 0.848. The number of halogens is 1. The van der Waals surface area contributed by atoms with Gasteiger partial charge in [-0.15, -0.1) is 5.10 Å². The van der Waals surface area contributed by atoms with Gasteiger partial charge in [0.05, 0.1) is 17.3 Å². The van der Waals surface area contributed by atoms with E-state index in [1.807, 2.05) is 23.0 Å². The summed E-state index contributed by atoms with van der Waals surface area (Å²) >= 11 is 6.07. The van der Waals surface area contributed by atoms with E-state index in [9.17, 15) is 0 Å². The van der Waals surface area contributed by atoms with Gasteiger partial charge >= 0.3 is 0 Å². The van der Waals surface area contributed by atoms with Gasteiger partial charge in [-0.05, 0) is 12.1 Å². The van der Waals surface area contributed by atoms with E-state index in [2.05, 4.69) is 20.2 Å². The van der Waals surface area contributed by atoms with Crippen LogP contribution in [0.3, 0.4) is 0 Å². The first-order chi connectivity index (χ1) is 7.84. The lowest BCUT2D eigenvalue weighted by molar-refractivity contribution is 0.359. The van der Waals surface area contributed by atoms with Crippen molar-refractivity contribution in [1.29, 1.82) is 0 Å². The average Bonchev–Trinajstić information content (AvgIpc) is 2.72. The molecule has 0 aliphatic carbocycles. The van der Waals surface area contributed by atoms with E-state index in [-0.39, 0.29) is 0 Å². The maximum atomic E-state index is 6.07. The van der Waals surface area contributed by atoms with Gasteiger partial charge < -0.3 is 4.90 Å². The molecule has 6 heteroatoms. The molecule has 1 fully saturated rings. The molecule has 3 rings (SSSR count). The van der Waals surface area contributed by atoms with Crippen molar-refractivity contribution in [2.75, 3.05) is 18.0 Å². The predicted octanol–water partition coefficient (Wildman–Crippen LogP) is 1.39. The zero-order valence-electron chi connectivity index (χ0n) is 8.49. The van der Waals surface area contributed by atoms with Gasteiger partial charge in [0.2, 0.25) is 0 Å². The molecule has 0 spiro atoms. The van der Waals surface area contributed by atoms with Crippen LogP contribution in [0.2, 0.25) is 5.02 Å². The van der Waals surface area contributed by atoms with Gasteiger partial charge in [-0.1, -0.05) is 16.8 Å². The highest BCUT2D eigenvalue weighted by Crippen LogP contribution is 2.30. The van der Waals surface area contributed by atoms with Crippen molar-refractivity contribution in [3.8, 4) is 0 Å². The molecule has 0 N–H and O–H groups in total. The van der Waals surface area contributed by atoms with Crippen LogP contribution in [0.25, 0.3) is 0 Å². The third-order valence-corrected chi connectivity index (χ3v) is 3.01. The fourth-order valence-electron chi connectivity index (χ4n) is 1.82. The third-order valence-electron chi connectivity index (χ3n) is 2.72. The standard InChI is InChI=1S/C10H10ClN5/c11-9-2-1-3-12-10(9)15-6-8(7-15)16-5-4-13-14-16/h1-5,8H,6-7H2. The highest BCUT2D eigenvalue weighted by molar-refractivity contribution is 6.32. The highest BCUT2D eigenvalue weighted by Gasteiger charge is 2.30. The third kappa shape index (κ3) is 1.53. The number of hydrogen-bond donors (Lipinski definition) is 0. The molecular weight excluding hydrogens is 226 g/mol. The number of anilines is 1. The van der Waals surface area contributed by atoms with Gasteiger partial charge in [-0.2, -0.15) is 0 Å². The minimum absolute atomic E-state index is 0.376. The van der Waals surface area contributed by atoms with Crippen molar-refractivity contribution in [1.82, 2.24) is 20.0 Å². The molecule has 2 aromatic heterocycles. The molecule has 1 aliphatic rings. The summed E-state index contributed by atoms with van der Waals surface area (Å²) in [6, 6.07) is 4.06. The molecule has 0 amide bonds. The van der Waals surface area contributed by atoms with Crippen molar-refractivity contribution in [3.05, 3.63) is 35.7 Å². The van der Waals surface area contributed by atoms with Crippen LogP contribution in [-0.2, 0) is 0 Å². The largest absolute Gasteiger partial charge is 0.351 e. The Hall–Kier alpha value is -1.62. The molecule has 1 aliphatic heterocycles. The molecule has 82 valence electrons. The lowest BCUT2D eigenvalue weighted by atomic mass is 10.1. The number of nitrogens with zero attached hydrogens (tertiary/aromatic N) is 5. The quantitative estimate of drug-likeness (QED) is 0.789. The van der Waals surface area contributed by atoms with Gasteiger partial charge in [0.25, 0.3) is 0 Å². The zero-order chi connectivity index (χ0) is 11.0. The molecule has 0 radical (unpaired) electrons. The van der Waals surface area contributed by atoms with Crippen LogP contribution in [0.1, 0.15) is 6.04 Å². The van der Waals surface area contributed by atoms with E-state index in [0.29, 0.717) is 11.1 Å². The van der Waals surface area contributed by atoms with Crippen LogP contribution in [-0.4, -0.2) is 33.1 Å². The fraction of sp³-hybridized carbons (Fsp3) is 0.300. The monoisotopic (exact) mass is 235 g/mol. The van der Waals surface area contributed by atoms with Crippen LogP contribution in [0.15, 0.2) is 30.7 Å². The van der Waals surface area contributed by atoms with E-state index in [1.54, 1.807) is 12.4 Å². The lowest BCUT2D eigenvalue weighted by Gasteiger charge is -2.39. The molecule has 0 saturated carbocycles. The maximum absolute atomic E-state index is 6.07. The first-order valence-electron chi connectivity index (χ1n) is 5.06. The van der Waals surface area contributed by atoms with Gasteiger partial charge in [-0.3, -0.25) is 0 Å². The Labute approximate surface area is 97.7 Å². The van der Waals surface area contributed by atoms with Crippen molar-refractivity contribution in [3.63, 3.8) is 0 Å². The fourth-order valence-corrected chi connectivity index (χ4v) is 2.06. The number of hydrogen-bond acceptors (Lipinski definition) is 4. The van der Waals surface area contributed by atoms with Crippen LogP contribution in [0.5, 0.6) is 0 Å². The summed E-state index contributed by atoms with van der Waals surface area (Å²) in [5, 5.41) is 8.46. The predicted molar refractivity (Wildman–Crippen MR) is 60.5 cm³/mol. The second kappa shape index (κ2) is 3.75. The summed E-state index contributed by atoms with van der Waals surface area (Å²) in [4.78, 5) is 6.40. The summed E-state index contributed by atoms with van der Waals surface area (Å²) in [5.41, 5.74) is 0. The topological polar surface area (TPSA) is 46.8 Å². The Kier molecular flexibility index (Phi) is 2.25. The maximum Gasteiger partial charge on any atom is 0.147 e. The molecule has 0 atom stereocenters. The summed E-state index contributed by atoms with van der Waals surface area (Å²) in [6.07, 6.45) is 5.32. The molecule has 0 bridgehead atoms. The van der Waals surface area contributed by atoms with Gasteiger partial charge in [0.15, 0.2) is 0 Å². The summed E-state index contributed by atoms with van der Waals surface area (Å²) in [6.45, 7) is 1.75. The summed E-state index contributed by atoms with van der Waals surface area (Å²) < 4.78 is 1.87. The highest BCUT2D eigenvalue weighted by atomic mass is 35.5. The van der Waals surface area contributed by atoms with Crippen LogP contribution < -0.4 is 4.90 Å². The van der Waals surface area contributed by atoms with Gasteiger partial charge in [-0.25, -0.2) is 9.67 Å². The number of aromatic nitrogens is 4. The van der Waals surface area contributed by atoms with E-state index in [4.69, 9.17) is 11.6 Å². The van der Waals surface area contributed by atoms with E-state index >= 15 is 0 Å². The molecule has 1 saturated heterocycles. The molecular formula is C10H10ClN5. The first-order valence-corrected chi connectivity index (χ1v) is 5.43. The van der Waals surface area contributed by atoms with Crippen molar-refractivity contribution in [2.45, 2.75) is 6.04 Å². The summed E-state index contributed by atoms with van der Waals surface area (Å²) in [7, 11) is 0. The lowest BCUT2D eigenvalue weighted by Crippen LogP contribution is -2.48. The number of rotatable bonds is 2. The SMILES string of the molecule is Clc1cccnc1N1CC(n2ccnn2)C1. The molecule has 2 aromatic rings. The van der Waals surface area contributed by atoms with Gasteiger partial charge in [0, 0.05) is 25.5 Å². The Morgan fingerprint density at radius 3 is 2.88 bits per heavy atom. The molecule has 0 aromatic carbocycles. The van der Waals surface area contributed by atoms with Gasteiger partial charge in [0.1, 0.15) is 5.82 Å².